The highest BCUT2D eigenvalue weighted by Gasteiger charge is 2.31. The zero-order valence-corrected chi connectivity index (χ0v) is 8.66. The van der Waals surface area contributed by atoms with Gasteiger partial charge in [-0.15, -0.1) is 22.9 Å². The molecule has 2 nitrogen and oxygen atoms in total. The molecule has 0 aromatic carbocycles. The van der Waals surface area contributed by atoms with Crippen molar-refractivity contribution in [1.82, 2.24) is 4.98 Å². The molecule has 0 spiro atoms. The van der Waals surface area contributed by atoms with E-state index in [2.05, 4.69) is 4.98 Å². The maximum atomic E-state index is 12.1. The quantitative estimate of drug-likeness (QED) is 0.757. The summed E-state index contributed by atoms with van der Waals surface area (Å²) >= 11 is 6.58. The van der Waals surface area contributed by atoms with Crippen molar-refractivity contribution in [2.45, 2.75) is 6.18 Å². The summed E-state index contributed by atoms with van der Waals surface area (Å²) in [5, 5.41) is 1.98. The zero-order chi connectivity index (χ0) is 10.6. The monoisotopic (exact) mass is 244 g/mol. The van der Waals surface area contributed by atoms with Gasteiger partial charge in [-0.3, -0.25) is 0 Å². The first-order chi connectivity index (χ1) is 6.53. The summed E-state index contributed by atoms with van der Waals surface area (Å²) < 4.78 is 36.3. The van der Waals surface area contributed by atoms with Crippen molar-refractivity contribution in [2.75, 3.05) is 23.9 Å². The van der Waals surface area contributed by atoms with E-state index in [4.69, 9.17) is 11.6 Å². The third-order valence-corrected chi connectivity index (χ3v) is 2.42. The molecule has 0 saturated carbocycles. The molecule has 0 atom stereocenters. The molecule has 0 bridgehead atoms. The average Bonchev–Trinajstić information content (AvgIpc) is 2.52. The number of hydrogen-bond acceptors (Lipinski definition) is 3. The first kappa shape index (κ1) is 11.6. The molecule has 1 heterocycles. The van der Waals surface area contributed by atoms with Gasteiger partial charge in [0.25, 0.3) is 0 Å². The molecule has 0 aliphatic carbocycles. The van der Waals surface area contributed by atoms with Gasteiger partial charge >= 0.3 is 6.18 Å². The number of anilines is 1. The lowest BCUT2D eigenvalue weighted by molar-refractivity contribution is -0.119. The molecule has 0 aliphatic heterocycles. The maximum Gasteiger partial charge on any atom is 0.406 e. The van der Waals surface area contributed by atoms with Crippen molar-refractivity contribution >= 4 is 28.1 Å². The summed E-state index contributed by atoms with van der Waals surface area (Å²) in [5.41, 5.74) is 0. The van der Waals surface area contributed by atoms with Gasteiger partial charge in [-0.05, 0) is 0 Å². The topological polar surface area (TPSA) is 16.1 Å². The lowest BCUT2D eigenvalue weighted by Crippen LogP contribution is -2.35. The Bertz CT molecular complexity index is 262. The number of alkyl halides is 4. The normalized spacial score (nSPS) is 11.7. The second-order valence-electron chi connectivity index (χ2n) is 2.54. The van der Waals surface area contributed by atoms with Crippen molar-refractivity contribution in [1.29, 1.82) is 0 Å². The summed E-state index contributed by atoms with van der Waals surface area (Å²) in [6.45, 7) is -0.859. The largest absolute Gasteiger partial charge is 0.406 e. The second-order valence-corrected chi connectivity index (χ2v) is 3.79. The Morgan fingerprint density at radius 2 is 2.21 bits per heavy atom. The van der Waals surface area contributed by atoms with Crippen LogP contribution in [0.2, 0.25) is 0 Å². The minimum atomic E-state index is -4.22. The molecule has 0 unspecified atom stereocenters. The molecule has 0 N–H and O–H groups in total. The molecular formula is C7H8ClF3N2S. The molecular weight excluding hydrogens is 237 g/mol. The van der Waals surface area contributed by atoms with E-state index in [1.807, 2.05) is 0 Å². The highest BCUT2D eigenvalue weighted by Crippen LogP contribution is 2.23. The number of nitrogens with zero attached hydrogens (tertiary/aromatic N) is 2. The van der Waals surface area contributed by atoms with Gasteiger partial charge in [-0.1, -0.05) is 0 Å². The highest BCUT2D eigenvalue weighted by atomic mass is 35.5. The first-order valence-corrected chi connectivity index (χ1v) is 5.21. The van der Waals surface area contributed by atoms with Crippen LogP contribution in [-0.2, 0) is 0 Å². The molecule has 1 aromatic rings. The van der Waals surface area contributed by atoms with Crippen LogP contribution in [0.25, 0.3) is 0 Å². The molecule has 0 aliphatic rings. The van der Waals surface area contributed by atoms with Gasteiger partial charge in [-0.2, -0.15) is 13.2 Å². The summed E-state index contributed by atoms with van der Waals surface area (Å²) in [6, 6.07) is 0. The first-order valence-electron chi connectivity index (χ1n) is 3.80. The van der Waals surface area contributed by atoms with E-state index in [1.54, 1.807) is 5.38 Å². The van der Waals surface area contributed by atoms with Crippen LogP contribution in [0.3, 0.4) is 0 Å². The molecule has 7 heteroatoms. The third-order valence-electron chi connectivity index (χ3n) is 1.41. The Morgan fingerprint density at radius 3 is 2.64 bits per heavy atom. The van der Waals surface area contributed by atoms with Crippen LogP contribution in [0, 0.1) is 0 Å². The molecule has 14 heavy (non-hydrogen) atoms. The number of hydrogen-bond donors (Lipinski definition) is 0. The molecule has 0 amide bonds. The SMILES string of the molecule is FC(F)(F)CN(CCCl)c1nccs1. The highest BCUT2D eigenvalue weighted by molar-refractivity contribution is 7.13. The van der Waals surface area contributed by atoms with Gasteiger partial charge in [-0.25, -0.2) is 4.98 Å². The van der Waals surface area contributed by atoms with E-state index in [9.17, 15) is 13.2 Å². The van der Waals surface area contributed by atoms with Gasteiger partial charge in [0.1, 0.15) is 6.54 Å². The van der Waals surface area contributed by atoms with E-state index in [1.165, 1.54) is 17.5 Å². The maximum absolute atomic E-state index is 12.1. The van der Waals surface area contributed by atoms with Crippen molar-refractivity contribution < 1.29 is 13.2 Å². The van der Waals surface area contributed by atoms with Gasteiger partial charge < -0.3 is 4.90 Å². The minimum absolute atomic E-state index is 0.147. The van der Waals surface area contributed by atoms with Crippen LogP contribution < -0.4 is 4.90 Å². The number of rotatable bonds is 4. The number of halogens is 4. The second kappa shape index (κ2) is 4.84. The Kier molecular flexibility index (Phi) is 4.00. The standard InChI is InChI=1S/C7H8ClF3N2S/c8-1-3-13(5-7(9,10)11)6-12-2-4-14-6/h2,4H,1,3,5H2. The lowest BCUT2D eigenvalue weighted by atomic mass is 10.5. The van der Waals surface area contributed by atoms with Crippen LogP contribution in [-0.4, -0.2) is 30.1 Å². The van der Waals surface area contributed by atoms with E-state index >= 15 is 0 Å². The predicted molar refractivity (Wildman–Crippen MR) is 51.1 cm³/mol. The van der Waals surface area contributed by atoms with Crippen LogP contribution in [0.1, 0.15) is 0 Å². The molecule has 1 rings (SSSR count). The summed E-state index contributed by atoms with van der Waals surface area (Å²) in [5.74, 6) is 0.148. The van der Waals surface area contributed by atoms with E-state index in [0.29, 0.717) is 5.13 Å². The van der Waals surface area contributed by atoms with E-state index < -0.39 is 12.7 Å². The molecule has 0 radical (unpaired) electrons. The summed E-state index contributed by atoms with van der Waals surface area (Å²) in [4.78, 5) is 4.93. The Labute approximate surface area is 88.3 Å². The average molecular weight is 245 g/mol. The number of thiazole rings is 1. The summed E-state index contributed by atoms with van der Waals surface area (Å²) in [6.07, 6.45) is -2.75. The fourth-order valence-corrected chi connectivity index (χ4v) is 1.81. The smallest absolute Gasteiger partial charge is 0.338 e. The van der Waals surface area contributed by atoms with E-state index in [0.717, 1.165) is 4.90 Å². The van der Waals surface area contributed by atoms with Gasteiger partial charge in [0, 0.05) is 24.0 Å². The molecule has 0 saturated heterocycles. The van der Waals surface area contributed by atoms with Crippen LogP contribution in [0.15, 0.2) is 11.6 Å². The Hall–Kier alpha value is -0.490. The molecule has 80 valence electrons. The Morgan fingerprint density at radius 1 is 1.50 bits per heavy atom. The minimum Gasteiger partial charge on any atom is -0.338 e. The number of aromatic nitrogens is 1. The predicted octanol–water partition coefficient (Wildman–Crippen LogP) is 2.75. The van der Waals surface area contributed by atoms with Crippen LogP contribution in [0.4, 0.5) is 18.3 Å². The fraction of sp³-hybridized carbons (Fsp3) is 0.571. The van der Waals surface area contributed by atoms with Crippen molar-refractivity contribution in [2.24, 2.45) is 0 Å². The van der Waals surface area contributed by atoms with Gasteiger partial charge in [0.15, 0.2) is 5.13 Å². The van der Waals surface area contributed by atoms with Gasteiger partial charge in [0.05, 0.1) is 0 Å². The van der Waals surface area contributed by atoms with Crippen LogP contribution in [0.5, 0.6) is 0 Å². The fourth-order valence-electron chi connectivity index (χ4n) is 0.933. The third kappa shape index (κ3) is 3.71. The molecule has 0 fully saturated rings. The summed E-state index contributed by atoms with van der Waals surface area (Å²) in [7, 11) is 0. The van der Waals surface area contributed by atoms with Gasteiger partial charge in [0.2, 0.25) is 0 Å². The van der Waals surface area contributed by atoms with Crippen molar-refractivity contribution in [3.63, 3.8) is 0 Å². The van der Waals surface area contributed by atoms with Crippen LogP contribution >= 0.6 is 22.9 Å². The lowest BCUT2D eigenvalue weighted by Gasteiger charge is -2.21. The van der Waals surface area contributed by atoms with Crippen molar-refractivity contribution in [3.05, 3.63) is 11.6 Å². The molecule has 1 aromatic heterocycles. The zero-order valence-electron chi connectivity index (χ0n) is 7.09. The Balaban J connectivity index is 2.65. The van der Waals surface area contributed by atoms with E-state index in [-0.39, 0.29) is 12.4 Å². The van der Waals surface area contributed by atoms with Crippen molar-refractivity contribution in [3.8, 4) is 0 Å².